The Kier molecular flexibility index (Phi) is 4.80. The Morgan fingerprint density at radius 1 is 1.42 bits per heavy atom. The number of benzene rings is 1. The van der Waals surface area contributed by atoms with E-state index in [1.807, 2.05) is 6.07 Å². The molecule has 1 heterocycles. The van der Waals surface area contributed by atoms with Crippen LogP contribution in [0.4, 0.5) is 5.13 Å². The second-order valence-corrected chi connectivity index (χ2v) is 5.90. The van der Waals surface area contributed by atoms with Gasteiger partial charge >= 0.3 is 0 Å². The van der Waals surface area contributed by atoms with Gasteiger partial charge in [0.2, 0.25) is 5.91 Å². The third-order valence-corrected chi connectivity index (χ3v) is 4.01. The van der Waals surface area contributed by atoms with Gasteiger partial charge in [0, 0.05) is 34.0 Å². The van der Waals surface area contributed by atoms with Gasteiger partial charge in [-0.3, -0.25) is 4.79 Å². The average molecular weight is 315 g/mol. The van der Waals surface area contributed by atoms with Crippen LogP contribution in [-0.4, -0.2) is 10.9 Å². The van der Waals surface area contributed by atoms with Crippen molar-refractivity contribution in [2.75, 3.05) is 5.32 Å². The topological polar surface area (TPSA) is 42.0 Å². The van der Waals surface area contributed by atoms with Gasteiger partial charge in [0.1, 0.15) is 0 Å². The van der Waals surface area contributed by atoms with E-state index in [0.29, 0.717) is 28.0 Å². The SMILES string of the molecule is CCC(=O)Nc1ncc(Cc2cc(Cl)ccc2Cl)s1. The quantitative estimate of drug-likeness (QED) is 0.909. The number of nitrogens with zero attached hydrogens (tertiary/aromatic N) is 1. The summed E-state index contributed by atoms with van der Waals surface area (Å²) in [5.74, 6) is -0.0401. The molecule has 0 aliphatic carbocycles. The predicted octanol–water partition coefficient (Wildman–Crippen LogP) is 4.39. The lowest BCUT2D eigenvalue weighted by molar-refractivity contribution is -0.115. The van der Waals surface area contributed by atoms with Crippen molar-refractivity contribution in [1.29, 1.82) is 0 Å². The van der Waals surface area contributed by atoms with E-state index in [1.54, 1.807) is 25.3 Å². The first-order chi connectivity index (χ1) is 9.08. The van der Waals surface area contributed by atoms with E-state index in [9.17, 15) is 4.79 Å². The number of halogens is 2. The molecule has 0 aliphatic rings. The first kappa shape index (κ1) is 14.3. The number of carbonyl (C=O) groups is 1. The van der Waals surface area contributed by atoms with Crippen LogP contribution in [0.5, 0.6) is 0 Å². The number of nitrogens with one attached hydrogen (secondary N) is 1. The summed E-state index contributed by atoms with van der Waals surface area (Å²) < 4.78 is 0. The van der Waals surface area contributed by atoms with Gasteiger partial charge in [-0.25, -0.2) is 4.98 Å². The number of aromatic nitrogens is 1. The Bertz CT molecular complexity index is 598. The fourth-order valence-electron chi connectivity index (χ4n) is 1.52. The average Bonchev–Trinajstić information content (AvgIpc) is 2.81. The largest absolute Gasteiger partial charge is 0.302 e. The molecule has 0 saturated heterocycles. The molecule has 19 heavy (non-hydrogen) atoms. The van der Waals surface area contributed by atoms with E-state index in [1.165, 1.54) is 11.3 Å². The van der Waals surface area contributed by atoms with Crippen LogP contribution < -0.4 is 5.32 Å². The first-order valence-electron chi connectivity index (χ1n) is 5.77. The van der Waals surface area contributed by atoms with Gasteiger partial charge < -0.3 is 5.32 Å². The van der Waals surface area contributed by atoms with Crippen molar-refractivity contribution >= 4 is 45.6 Å². The molecule has 2 aromatic rings. The van der Waals surface area contributed by atoms with Gasteiger partial charge in [0.05, 0.1) is 0 Å². The van der Waals surface area contributed by atoms with Gasteiger partial charge in [-0.05, 0) is 23.8 Å². The monoisotopic (exact) mass is 314 g/mol. The van der Waals surface area contributed by atoms with Crippen LogP contribution in [0, 0.1) is 0 Å². The molecule has 1 amide bonds. The van der Waals surface area contributed by atoms with E-state index in [0.717, 1.165) is 10.4 Å². The lowest BCUT2D eigenvalue weighted by Crippen LogP contribution is -2.08. The highest BCUT2D eigenvalue weighted by Crippen LogP contribution is 2.26. The van der Waals surface area contributed by atoms with E-state index < -0.39 is 0 Å². The molecular formula is C13H12Cl2N2OS. The number of amides is 1. The van der Waals surface area contributed by atoms with E-state index >= 15 is 0 Å². The molecule has 6 heteroatoms. The number of hydrogen-bond donors (Lipinski definition) is 1. The summed E-state index contributed by atoms with van der Waals surface area (Å²) in [6, 6.07) is 5.38. The number of anilines is 1. The molecule has 0 unspecified atom stereocenters. The van der Waals surface area contributed by atoms with Crippen LogP contribution in [0.2, 0.25) is 10.0 Å². The molecule has 0 atom stereocenters. The standard InChI is InChI=1S/C13H12Cl2N2OS/c1-2-12(18)17-13-16-7-10(19-13)6-8-5-9(14)3-4-11(8)15/h3-5,7H,2,6H2,1H3,(H,16,17,18). The maximum atomic E-state index is 11.3. The summed E-state index contributed by atoms with van der Waals surface area (Å²) in [6.07, 6.45) is 2.83. The Morgan fingerprint density at radius 3 is 2.95 bits per heavy atom. The summed E-state index contributed by atoms with van der Waals surface area (Å²) in [5.41, 5.74) is 0.950. The summed E-state index contributed by atoms with van der Waals surface area (Å²) in [5, 5.41) is 4.68. The lowest BCUT2D eigenvalue weighted by Gasteiger charge is -2.02. The maximum absolute atomic E-state index is 11.3. The van der Waals surface area contributed by atoms with Crippen molar-refractivity contribution in [2.45, 2.75) is 19.8 Å². The normalized spacial score (nSPS) is 10.5. The van der Waals surface area contributed by atoms with Crippen LogP contribution >= 0.6 is 34.5 Å². The van der Waals surface area contributed by atoms with Crippen LogP contribution in [0.3, 0.4) is 0 Å². The van der Waals surface area contributed by atoms with Gasteiger partial charge in [-0.15, -0.1) is 11.3 Å². The van der Waals surface area contributed by atoms with Gasteiger partial charge in [-0.1, -0.05) is 30.1 Å². The first-order valence-corrected chi connectivity index (χ1v) is 7.34. The second kappa shape index (κ2) is 6.37. The minimum absolute atomic E-state index is 0.0401. The minimum atomic E-state index is -0.0401. The lowest BCUT2D eigenvalue weighted by atomic mass is 10.1. The van der Waals surface area contributed by atoms with Crippen molar-refractivity contribution in [3.8, 4) is 0 Å². The number of carbonyl (C=O) groups excluding carboxylic acids is 1. The van der Waals surface area contributed by atoms with Crippen LogP contribution in [-0.2, 0) is 11.2 Å². The predicted molar refractivity (Wildman–Crippen MR) is 80.3 cm³/mol. The van der Waals surface area contributed by atoms with Crippen molar-refractivity contribution < 1.29 is 4.79 Å². The van der Waals surface area contributed by atoms with Crippen molar-refractivity contribution in [1.82, 2.24) is 4.98 Å². The van der Waals surface area contributed by atoms with Crippen molar-refractivity contribution in [3.63, 3.8) is 0 Å². The minimum Gasteiger partial charge on any atom is -0.302 e. The highest BCUT2D eigenvalue weighted by atomic mass is 35.5. The van der Waals surface area contributed by atoms with Gasteiger partial charge in [0.15, 0.2) is 5.13 Å². The van der Waals surface area contributed by atoms with Crippen LogP contribution in [0.25, 0.3) is 0 Å². The molecule has 0 spiro atoms. The van der Waals surface area contributed by atoms with Gasteiger partial charge in [0.25, 0.3) is 0 Å². The zero-order valence-electron chi connectivity index (χ0n) is 10.2. The Morgan fingerprint density at radius 2 is 2.21 bits per heavy atom. The molecule has 1 aromatic heterocycles. The summed E-state index contributed by atoms with van der Waals surface area (Å²) in [4.78, 5) is 16.5. The van der Waals surface area contributed by atoms with Crippen LogP contribution in [0.1, 0.15) is 23.8 Å². The van der Waals surface area contributed by atoms with Crippen molar-refractivity contribution in [3.05, 3.63) is 44.9 Å². The van der Waals surface area contributed by atoms with Gasteiger partial charge in [-0.2, -0.15) is 0 Å². The molecule has 1 N–H and O–H groups in total. The van der Waals surface area contributed by atoms with Crippen molar-refractivity contribution in [2.24, 2.45) is 0 Å². The third kappa shape index (κ3) is 3.93. The zero-order valence-corrected chi connectivity index (χ0v) is 12.6. The molecule has 1 aromatic carbocycles. The summed E-state index contributed by atoms with van der Waals surface area (Å²) >= 11 is 13.5. The molecule has 0 aliphatic heterocycles. The Labute approximate surface area is 125 Å². The smallest absolute Gasteiger partial charge is 0.225 e. The van der Waals surface area contributed by atoms with E-state index in [-0.39, 0.29) is 5.91 Å². The molecule has 0 fully saturated rings. The molecule has 3 nitrogen and oxygen atoms in total. The molecule has 100 valence electrons. The highest BCUT2D eigenvalue weighted by molar-refractivity contribution is 7.15. The Balaban J connectivity index is 2.11. The summed E-state index contributed by atoms with van der Waals surface area (Å²) in [7, 11) is 0. The molecule has 2 rings (SSSR count). The second-order valence-electron chi connectivity index (χ2n) is 3.95. The third-order valence-electron chi connectivity index (χ3n) is 2.49. The number of hydrogen-bond acceptors (Lipinski definition) is 3. The molecular weight excluding hydrogens is 303 g/mol. The fourth-order valence-corrected chi connectivity index (χ4v) is 2.75. The summed E-state index contributed by atoms with van der Waals surface area (Å²) in [6.45, 7) is 1.80. The van der Waals surface area contributed by atoms with E-state index in [4.69, 9.17) is 23.2 Å². The maximum Gasteiger partial charge on any atom is 0.225 e. The van der Waals surface area contributed by atoms with E-state index in [2.05, 4.69) is 10.3 Å². The molecule has 0 saturated carbocycles. The zero-order chi connectivity index (χ0) is 13.8. The fraction of sp³-hybridized carbons (Fsp3) is 0.231. The highest BCUT2D eigenvalue weighted by Gasteiger charge is 2.08. The number of thiazole rings is 1. The van der Waals surface area contributed by atoms with Crippen LogP contribution in [0.15, 0.2) is 24.4 Å². The number of rotatable bonds is 4. The Hall–Kier alpha value is -1.10. The molecule has 0 bridgehead atoms. The molecule has 0 radical (unpaired) electrons.